The molecule has 80 valence electrons. The van der Waals surface area contributed by atoms with Gasteiger partial charge in [-0.1, -0.05) is 0 Å². The van der Waals surface area contributed by atoms with Crippen molar-refractivity contribution in [3.8, 4) is 5.95 Å². The Bertz CT molecular complexity index is 692. The highest BCUT2D eigenvalue weighted by atomic mass is 16.1. The van der Waals surface area contributed by atoms with Crippen molar-refractivity contribution in [1.29, 1.82) is 0 Å². The Labute approximate surface area is 88.9 Å². The molecule has 0 amide bonds. The molecule has 0 fully saturated rings. The van der Waals surface area contributed by atoms with Crippen LogP contribution in [0.4, 0.5) is 5.69 Å². The third kappa shape index (κ3) is 1.11. The van der Waals surface area contributed by atoms with E-state index in [0.717, 1.165) is 0 Å². The van der Waals surface area contributed by atoms with Crippen LogP contribution in [0.1, 0.15) is 0 Å². The minimum atomic E-state index is -0.280. The SMILES string of the molecule is Nc1ccc2[nH]c(=O)n(-c3ncn[nH]3)c2c1. The molecule has 2 aromatic heterocycles. The molecule has 7 nitrogen and oxygen atoms in total. The molecule has 0 aliphatic heterocycles. The van der Waals surface area contributed by atoms with Crippen LogP contribution in [0.5, 0.6) is 0 Å². The quantitative estimate of drug-likeness (QED) is 0.498. The number of rotatable bonds is 1. The van der Waals surface area contributed by atoms with E-state index in [1.54, 1.807) is 18.2 Å². The first kappa shape index (κ1) is 8.72. The molecular weight excluding hydrogens is 208 g/mol. The van der Waals surface area contributed by atoms with E-state index in [2.05, 4.69) is 20.2 Å². The van der Waals surface area contributed by atoms with Crippen LogP contribution in [-0.2, 0) is 0 Å². The number of nitrogens with two attached hydrogens (primary N) is 1. The van der Waals surface area contributed by atoms with Gasteiger partial charge in [0, 0.05) is 5.69 Å². The van der Waals surface area contributed by atoms with Crippen molar-refractivity contribution in [2.24, 2.45) is 0 Å². The highest BCUT2D eigenvalue weighted by molar-refractivity contribution is 5.80. The molecule has 0 saturated heterocycles. The highest BCUT2D eigenvalue weighted by Gasteiger charge is 2.10. The zero-order chi connectivity index (χ0) is 11.1. The standard InChI is InChI=1S/C9H8N6O/c10-5-1-2-6-7(3-5)15(9(16)13-6)8-11-4-12-14-8/h1-4H,10H2,(H,13,16)(H,11,12,14). The topological polar surface area (TPSA) is 105 Å². The number of fused-ring (bicyclic) bond motifs is 1. The number of aromatic amines is 2. The first-order valence-electron chi connectivity index (χ1n) is 4.62. The number of nitrogen functional groups attached to an aromatic ring is 1. The molecule has 0 aliphatic rings. The lowest BCUT2D eigenvalue weighted by Crippen LogP contribution is -2.15. The summed E-state index contributed by atoms with van der Waals surface area (Å²) < 4.78 is 1.39. The zero-order valence-corrected chi connectivity index (χ0v) is 8.14. The van der Waals surface area contributed by atoms with E-state index in [-0.39, 0.29) is 5.69 Å². The average molecular weight is 216 g/mol. The molecule has 3 aromatic rings. The molecule has 7 heteroatoms. The van der Waals surface area contributed by atoms with E-state index in [0.29, 0.717) is 22.7 Å². The Balaban J connectivity index is 2.43. The van der Waals surface area contributed by atoms with Crippen molar-refractivity contribution in [3.63, 3.8) is 0 Å². The molecule has 1 aromatic carbocycles. The van der Waals surface area contributed by atoms with E-state index < -0.39 is 0 Å². The van der Waals surface area contributed by atoms with Crippen molar-refractivity contribution in [2.75, 3.05) is 5.73 Å². The van der Waals surface area contributed by atoms with Crippen molar-refractivity contribution < 1.29 is 0 Å². The predicted octanol–water partition coefficient (Wildman–Crippen LogP) is 0.0191. The summed E-state index contributed by atoms with van der Waals surface area (Å²) in [5.74, 6) is 0.363. The van der Waals surface area contributed by atoms with Crippen LogP contribution in [0.15, 0.2) is 29.3 Å². The Kier molecular flexibility index (Phi) is 1.61. The van der Waals surface area contributed by atoms with E-state index in [1.165, 1.54) is 10.9 Å². The molecule has 0 spiro atoms. The lowest BCUT2D eigenvalue weighted by atomic mass is 10.3. The highest BCUT2D eigenvalue weighted by Crippen LogP contribution is 2.15. The number of hydrogen-bond donors (Lipinski definition) is 3. The molecule has 4 N–H and O–H groups in total. The van der Waals surface area contributed by atoms with Crippen molar-refractivity contribution in [1.82, 2.24) is 24.7 Å². The first-order valence-corrected chi connectivity index (χ1v) is 4.62. The van der Waals surface area contributed by atoms with Crippen LogP contribution in [0, 0.1) is 0 Å². The number of benzene rings is 1. The van der Waals surface area contributed by atoms with Crippen molar-refractivity contribution in [3.05, 3.63) is 35.0 Å². The molecule has 2 heterocycles. The lowest BCUT2D eigenvalue weighted by Gasteiger charge is -1.98. The average Bonchev–Trinajstić information content (AvgIpc) is 2.83. The maximum Gasteiger partial charge on any atom is 0.333 e. The number of nitrogens with zero attached hydrogens (tertiary/aromatic N) is 3. The van der Waals surface area contributed by atoms with Crippen LogP contribution in [0.3, 0.4) is 0 Å². The van der Waals surface area contributed by atoms with Crippen LogP contribution in [0.2, 0.25) is 0 Å². The zero-order valence-electron chi connectivity index (χ0n) is 8.14. The summed E-state index contributed by atoms with van der Waals surface area (Å²) in [4.78, 5) is 18.4. The van der Waals surface area contributed by atoms with Crippen LogP contribution in [0.25, 0.3) is 17.0 Å². The molecule has 0 unspecified atom stereocenters. The summed E-state index contributed by atoms with van der Waals surface area (Å²) in [5.41, 5.74) is 7.36. The van der Waals surface area contributed by atoms with Gasteiger partial charge in [-0.3, -0.25) is 0 Å². The van der Waals surface area contributed by atoms with Crippen LogP contribution >= 0.6 is 0 Å². The molecule has 0 atom stereocenters. The fourth-order valence-corrected chi connectivity index (χ4v) is 1.64. The number of H-pyrrole nitrogens is 2. The van der Waals surface area contributed by atoms with E-state index in [1.807, 2.05) is 0 Å². The van der Waals surface area contributed by atoms with Crippen LogP contribution in [-0.4, -0.2) is 24.7 Å². The second kappa shape index (κ2) is 2.96. The minimum Gasteiger partial charge on any atom is -0.399 e. The fourth-order valence-electron chi connectivity index (χ4n) is 1.64. The monoisotopic (exact) mass is 216 g/mol. The molecule has 16 heavy (non-hydrogen) atoms. The Hall–Kier alpha value is -2.57. The predicted molar refractivity (Wildman–Crippen MR) is 58.2 cm³/mol. The fraction of sp³-hybridized carbons (Fsp3) is 0. The third-order valence-electron chi connectivity index (χ3n) is 2.32. The maximum atomic E-state index is 11.7. The van der Waals surface area contributed by atoms with E-state index in [4.69, 9.17) is 5.73 Å². The third-order valence-corrected chi connectivity index (χ3v) is 2.32. The second-order valence-electron chi connectivity index (χ2n) is 3.35. The summed E-state index contributed by atoms with van der Waals surface area (Å²) >= 11 is 0. The molecular formula is C9H8N6O. The van der Waals surface area contributed by atoms with Gasteiger partial charge in [0.2, 0.25) is 5.95 Å². The van der Waals surface area contributed by atoms with Gasteiger partial charge in [-0.05, 0) is 18.2 Å². The van der Waals surface area contributed by atoms with E-state index >= 15 is 0 Å². The Morgan fingerprint density at radius 1 is 1.38 bits per heavy atom. The second-order valence-corrected chi connectivity index (χ2v) is 3.35. The number of hydrogen-bond acceptors (Lipinski definition) is 4. The number of nitrogens with one attached hydrogen (secondary N) is 2. The van der Waals surface area contributed by atoms with E-state index in [9.17, 15) is 4.79 Å². The molecule has 0 saturated carbocycles. The molecule has 0 bridgehead atoms. The number of anilines is 1. The summed E-state index contributed by atoms with van der Waals surface area (Å²) in [5, 5.41) is 6.34. The summed E-state index contributed by atoms with van der Waals surface area (Å²) in [6, 6.07) is 5.18. The number of imidazole rings is 1. The first-order chi connectivity index (χ1) is 7.75. The largest absolute Gasteiger partial charge is 0.399 e. The van der Waals surface area contributed by atoms with Gasteiger partial charge < -0.3 is 10.7 Å². The van der Waals surface area contributed by atoms with Gasteiger partial charge >= 0.3 is 5.69 Å². The summed E-state index contributed by atoms with van der Waals surface area (Å²) in [6.45, 7) is 0. The molecule has 0 radical (unpaired) electrons. The lowest BCUT2D eigenvalue weighted by molar-refractivity contribution is 0.915. The van der Waals surface area contributed by atoms with Gasteiger partial charge in [0.15, 0.2) is 0 Å². The van der Waals surface area contributed by atoms with Crippen molar-refractivity contribution in [2.45, 2.75) is 0 Å². The van der Waals surface area contributed by atoms with Gasteiger partial charge in [0.25, 0.3) is 0 Å². The number of aromatic nitrogens is 5. The van der Waals surface area contributed by atoms with Gasteiger partial charge in [-0.2, -0.15) is 10.1 Å². The maximum absolute atomic E-state index is 11.7. The smallest absolute Gasteiger partial charge is 0.333 e. The Morgan fingerprint density at radius 3 is 3.00 bits per heavy atom. The summed E-state index contributed by atoms with van der Waals surface area (Å²) in [6.07, 6.45) is 1.34. The Morgan fingerprint density at radius 2 is 2.25 bits per heavy atom. The van der Waals surface area contributed by atoms with Gasteiger partial charge in [-0.25, -0.2) is 14.5 Å². The van der Waals surface area contributed by atoms with Gasteiger partial charge in [0.1, 0.15) is 6.33 Å². The van der Waals surface area contributed by atoms with Gasteiger partial charge in [0.05, 0.1) is 11.0 Å². The molecule has 0 aliphatic carbocycles. The normalized spacial score (nSPS) is 11.0. The molecule has 3 rings (SSSR count). The summed E-state index contributed by atoms with van der Waals surface area (Å²) in [7, 11) is 0. The van der Waals surface area contributed by atoms with Crippen LogP contribution < -0.4 is 11.4 Å². The minimum absolute atomic E-state index is 0.280. The van der Waals surface area contributed by atoms with Gasteiger partial charge in [-0.15, -0.1) is 0 Å². The van der Waals surface area contributed by atoms with Crippen molar-refractivity contribution >= 4 is 16.7 Å².